The Kier molecular flexibility index (Phi) is 5.65. The van der Waals surface area contributed by atoms with E-state index in [0.717, 1.165) is 25.9 Å². The Morgan fingerprint density at radius 1 is 1.18 bits per heavy atom. The van der Waals surface area contributed by atoms with Gasteiger partial charge in [-0.2, -0.15) is 0 Å². The summed E-state index contributed by atoms with van der Waals surface area (Å²) in [5.74, 6) is -0.264. The van der Waals surface area contributed by atoms with Crippen LogP contribution in [0.15, 0.2) is 0 Å². The van der Waals surface area contributed by atoms with Gasteiger partial charge in [0, 0.05) is 32.9 Å². The van der Waals surface area contributed by atoms with Gasteiger partial charge in [-0.05, 0) is 26.2 Å². The summed E-state index contributed by atoms with van der Waals surface area (Å²) < 4.78 is 0. The fourth-order valence-electron chi connectivity index (χ4n) is 2.48. The van der Waals surface area contributed by atoms with Crippen molar-refractivity contribution in [1.29, 1.82) is 0 Å². The highest BCUT2D eigenvalue weighted by atomic mass is 32.1. The molecule has 0 unspecified atom stereocenters. The topological polar surface area (TPSA) is 79.4 Å². The van der Waals surface area contributed by atoms with Crippen molar-refractivity contribution in [3.05, 3.63) is 10.6 Å². The minimum absolute atomic E-state index is 0.0367. The van der Waals surface area contributed by atoms with Gasteiger partial charge in [-0.25, -0.2) is 4.98 Å². The van der Waals surface area contributed by atoms with Gasteiger partial charge < -0.3 is 10.2 Å². The van der Waals surface area contributed by atoms with Gasteiger partial charge in [0.2, 0.25) is 11.8 Å². The summed E-state index contributed by atoms with van der Waals surface area (Å²) in [7, 11) is 0. The average molecular weight is 323 g/mol. The lowest BCUT2D eigenvalue weighted by Gasteiger charge is -2.26. The van der Waals surface area contributed by atoms with E-state index in [1.165, 1.54) is 24.7 Å². The van der Waals surface area contributed by atoms with Gasteiger partial charge in [-0.15, -0.1) is 0 Å². The zero-order valence-corrected chi connectivity index (χ0v) is 13.8. The molecule has 1 aliphatic rings. The monoisotopic (exact) mass is 323 g/mol. The number of hydrogen-bond acceptors (Lipinski definition) is 5. The number of ketones is 1. The van der Waals surface area contributed by atoms with Crippen LogP contribution in [0, 0.1) is 6.92 Å². The molecule has 0 aromatic carbocycles. The second kappa shape index (κ2) is 7.49. The van der Waals surface area contributed by atoms with Crippen molar-refractivity contribution in [2.24, 2.45) is 0 Å². The maximum Gasteiger partial charge on any atom is 0.226 e. The number of amides is 2. The fraction of sp³-hybridized carbons (Fsp3) is 0.600. The smallest absolute Gasteiger partial charge is 0.226 e. The lowest BCUT2D eigenvalue weighted by molar-refractivity contribution is -0.133. The van der Waals surface area contributed by atoms with Crippen LogP contribution in [-0.2, 0) is 9.59 Å². The average Bonchev–Trinajstić information content (AvgIpc) is 2.86. The van der Waals surface area contributed by atoms with Gasteiger partial charge >= 0.3 is 0 Å². The summed E-state index contributed by atoms with van der Waals surface area (Å²) in [5, 5.41) is 3.08. The molecule has 0 spiro atoms. The molecule has 22 heavy (non-hydrogen) atoms. The number of thiazole rings is 1. The Morgan fingerprint density at radius 3 is 2.45 bits per heavy atom. The fourth-order valence-corrected chi connectivity index (χ4v) is 3.36. The molecule has 2 heterocycles. The van der Waals surface area contributed by atoms with Gasteiger partial charge in [0.25, 0.3) is 0 Å². The number of carbonyl (C=O) groups is 3. The SMILES string of the molecule is CC(=O)c1sc(NC(=O)CCC(=O)N2CCCCC2)nc1C. The molecule has 1 saturated heterocycles. The molecule has 1 aromatic rings. The van der Waals surface area contributed by atoms with Gasteiger partial charge in [-0.1, -0.05) is 11.3 Å². The third-order valence-corrected chi connectivity index (χ3v) is 4.81. The van der Waals surface area contributed by atoms with Crippen LogP contribution in [0.4, 0.5) is 5.13 Å². The Bertz CT molecular complexity index is 577. The van der Waals surface area contributed by atoms with E-state index in [0.29, 0.717) is 15.7 Å². The Labute approximate surface area is 133 Å². The van der Waals surface area contributed by atoms with Crippen LogP contribution in [0.2, 0.25) is 0 Å². The highest BCUT2D eigenvalue weighted by molar-refractivity contribution is 7.17. The van der Waals surface area contributed by atoms with Crippen molar-refractivity contribution in [2.75, 3.05) is 18.4 Å². The first-order valence-corrected chi connectivity index (χ1v) is 8.35. The lowest BCUT2D eigenvalue weighted by Crippen LogP contribution is -2.35. The summed E-state index contributed by atoms with van der Waals surface area (Å²) in [6, 6.07) is 0. The van der Waals surface area contributed by atoms with Gasteiger partial charge in [0.15, 0.2) is 10.9 Å². The molecule has 0 bridgehead atoms. The summed E-state index contributed by atoms with van der Waals surface area (Å²) in [4.78, 5) is 41.8. The summed E-state index contributed by atoms with van der Waals surface area (Å²) in [6.45, 7) is 4.81. The summed E-state index contributed by atoms with van der Waals surface area (Å²) >= 11 is 1.17. The van der Waals surface area contributed by atoms with E-state index in [9.17, 15) is 14.4 Å². The van der Waals surface area contributed by atoms with Crippen molar-refractivity contribution in [3.63, 3.8) is 0 Å². The molecule has 0 saturated carbocycles. The third-order valence-electron chi connectivity index (χ3n) is 3.64. The molecule has 0 atom stereocenters. The van der Waals surface area contributed by atoms with Crippen LogP contribution in [0.1, 0.15) is 54.4 Å². The van der Waals surface area contributed by atoms with Crippen LogP contribution in [-0.4, -0.2) is 40.6 Å². The number of Topliss-reactive ketones (excluding diaryl/α,β-unsaturated/α-hetero) is 1. The van der Waals surface area contributed by atoms with Crippen molar-refractivity contribution >= 4 is 34.1 Å². The molecule has 1 fully saturated rings. The molecular formula is C15H21N3O3S. The Morgan fingerprint density at radius 2 is 1.86 bits per heavy atom. The number of likely N-dealkylation sites (tertiary alicyclic amines) is 1. The predicted molar refractivity (Wildman–Crippen MR) is 85.2 cm³/mol. The molecule has 2 amide bonds. The van der Waals surface area contributed by atoms with Gasteiger partial charge in [-0.3, -0.25) is 14.4 Å². The van der Waals surface area contributed by atoms with Crippen LogP contribution in [0.5, 0.6) is 0 Å². The lowest BCUT2D eigenvalue weighted by atomic mass is 10.1. The largest absolute Gasteiger partial charge is 0.343 e. The second-order valence-corrected chi connectivity index (χ2v) is 6.48. The molecule has 6 nitrogen and oxygen atoms in total. The minimum atomic E-state index is -0.241. The number of hydrogen-bond donors (Lipinski definition) is 1. The van der Waals surface area contributed by atoms with E-state index in [4.69, 9.17) is 0 Å². The van der Waals surface area contributed by atoms with E-state index < -0.39 is 0 Å². The molecule has 1 aliphatic heterocycles. The maximum absolute atomic E-state index is 12.0. The first kappa shape index (κ1) is 16.6. The number of anilines is 1. The number of nitrogens with one attached hydrogen (secondary N) is 1. The number of carbonyl (C=O) groups excluding carboxylic acids is 3. The molecule has 2 rings (SSSR count). The number of piperidine rings is 1. The summed E-state index contributed by atoms with van der Waals surface area (Å²) in [5.41, 5.74) is 0.622. The van der Waals surface area contributed by atoms with E-state index in [1.54, 1.807) is 6.92 Å². The second-order valence-electron chi connectivity index (χ2n) is 5.48. The van der Waals surface area contributed by atoms with Crippen LogP contribution in [0.3, 0.4) is 0 Å². The third kappa shape index (κ3) is 4.37. The molecule has 0 aliphatic carbocycles. The maximum atomic E-state index is 12.0. The highest BCUT2D eigenvalue weighted by Gasteiger charge is 2.18. The van der Waals surface area contributed by atoms with Crippen molar-refractivity contribution in [2.45, 2.75) is 46.0 Å². The highest BCUT2D eigenvalue weighted by Crippen LogP contribution is 2.23. The minimum Gasteiger partial charge on any atom is -0.343 e. The Balaban J connectivity index is 1.81. The Hall–Kier alpha value is -1.76. The first-order valence-electron chi connectivity index (χ1n) is 7.53. The van der Waals surface area contributed by atoms with Crippen molar-refractivity contribution in [3.8, 4) is 0 Å². The zero-order valence-electron chi connectivity index (χ0n) is 13.0. The standard InChI is InChI=1S/C15H21N3O3S/c1-10-14(11(2)19)22-15(16-10)17-12(20)6-7-13(21)18-8-4-3-5-9-18/h3-9H2,1-2H3,(H,16,17,20). The first-order chi connectivity index (χ1) is 10.5. The number of rotatable bonds is 5. The molecule has 1 N–H and O–H groups in total. The quantitative estimate of drug-likeness (QED) is 0.844. The molecule has 120 valence electrons. The van der Waals surface area contributed by atoms with Gasteiger partial charge in [0.1, 0.15) is 0 Å². The predicted octanol–water partition coefficient (Wildman–Crippen LogP) is 2.39. The van der Waals surface area contributed by atoms with E-state index >= 15 is 0 Å². The molecule has 0 radical (unpaired) electrons. The van der Waals surface area contributed by atoms with Crippen molar-refractivity contribution < 1.29 is 14.4 Å². The van der Waals surface area contributed by atoms with Crippen LogP contribution < -0.4 is 5.32 Å². The summed E-state index contributed by atoms with van der Waals surface area (Å²) in [6.07, 6.45) is 3.62. The molecule has 1 aromatic heterocycles. The molecular weight excluding hydrogens is 302 g/mol. The molecule has 7 heteroatoms. The van der Waals surface area contributed by atoms with Crippen LogP contribution in [0.25, 0.3) is 0 Å². The van der Waals surface area contributed by atoms with E-state index in [2.05, 4.69) is 10.3 Å². The van der Waals surface area contributed by atoms with Gasteiger partial charge in [0.05, 0.1) is 10.6 Å². The normalized spacial score (nSPS) is 14.7. The van der Waals surface area contributed by atoms with Crippen molar-refractivity contribution in [1.82, 2.24) is 9.88 Å². The van der Waals surface area contributed by atoms with E-state index in [-0.39, 0.29) is 30.4 Å². The number of aromatic nitrogens is 1. The number of aryl methyl sites for hydroxylation is 1. The van der Waals surface area contributed by atoms with Crippen LogP contribution >= 0.6 is 11.3 Å². The number of nitrogens with zero attached hydrogens (tertiary/aromatic N) is 2. The van der Waals surface area contributed by atoms with E-state index in [1.807, 2.05) is 4.90 Å². The zero-order chi connectivity index (χ0) is 16.1.